The van der Waals surface area contributed by atoms with E-state index in [0.29, 0.717) is 28.3 Å². The maximum atomic E-state index is 12.3. The molecule has 0 saturated heterocycles. The number of aromatic nitrogens is 4. The largest absolute Gasteiger partial charge is 0.461 e. The number of nitrogens with zero attached hydrogens (tertiary/aromatic N) is 4. The molecule has 0 unspecified atom stereocenters. The van der Waals surface area contributed by atoms with Crippen LogP contribution in [0.3, 0.4) is 0 Å². The molecule has 0 fully saturated rings. The Labute approximate surface area is 173 Å². The van der Waals surface area contributed by atoms with Crippen LogP contribution in [0.25, 0.3) is 28.0 Å². The first-order chi connectivity index (χ1) is 14.4. The van der Waals surface area contributed by atoms with Crippen LogP contribution in [0.5, 0.6) is 0 Å². The molecule has 0 radical (unpaired) electrons. The molecule has 1 aromatic carbocycles. The number of rotatable bonds is 4. The van der Waals surface area contributed by atoms with Crippen molar-refractivity contribution < 1.29 is 19.5 Å². The number of nitrogens with two attached hydrogens (primary N) is 1. The summed E-state index contributed by atoms with van der Waals surface area (Å²) in [6.45, 7) is 5.59. The van der Waals surface area contributed by atoms with Gasteiger partial charge in [0.1, 0.15) is 0 Å². The number of hydrogen-bond acceptors (Lipinski definition) is 6. The molecule has 30 heavy (non-hydrogen) atoms. The lowest BCUT2D eigenvalue weighted by atomic mass is 9.99. The van der Waals surface area contributed by atoms with E-state index < -0.39 is 5.97 Å². The number of aryl methyl sites for hydroxylation is 2. The minimum absolute atomic E-state index is 0.151. The van der Waals surface area contributed by atoms with Crippen LogP contribution < -0.4 is 10.5 Å². The smallest absolute Gasteiger partial charge is 0.358 e. The molecular formula is C22H22N5O3+. The first-order valence-corrected chi connectivity index (χ1v) is 9.54. The SMILES string of the molecule is CCOC(=O)c1cn2c(N)nc(-c3ccccc3)c(-c3cc(C)[n+](O)c(C)c3)c2n1. The van der Waals surface area contributed by atoms with Crippen molar-refractivity contribution in [2.45, 2.75) is 20.8 Å². The first-order valence-electron chi connectivity index (χ1n) is 9.54. The van der Waals surface area contributed by atoms with Gasteiger partial charge in [0.05, 0.1) is 17.9 Å². The molecule has 3 N–H and O–H groups in total. The lowest BCUT2D eigenvalue weighted by Gasteiger charge is -2.13. The van der Waals surface area contributed by atoms with Crippen LogP contribution in [-0.2, 0) is 4.74 Å². The maximum absolute atomic E-state index is 12.3. The van der Waals surface area contributed by atoms with Crippen molar-refractivity contribution in [3.05, 3.63) is 65.7 Å². The number of nitrogen functional groups attached to an aromatic ring is 1. The summed E-state index contributed by atoms with van der Waals surface area (Å²) in [6, 6.07) is 13.3. The van der Waals surface area contributed by atoms with E-state index in [4.69, 9.17) is 10.5 Å². The Morgan fingerprint density at radius 1 is 1.13 bits per heavy atom. The van der Waals surface area contributed by atoms with Crippen LogP contribution in [0, 0.1) is 13.8 Å². The first kappa shape index (κ1) is 19.4. The van der Waals surface area contributed by atoms with Crippen molar-refractivity contribution >= 4 is 17.6 Å². The number of carbonyl (C=O) groups excluding carboxylic acids is 1. The zero-order valence-corrected chi connectivity index (χ0v) is 17.0. The Morgan fingerprint density at radius 3 is 2.43 bits per heavy atom. The number of pyridine rings is 1. The zero-order chi connectivity index (χ0) is 21.4. The Morgan fingerprint density at radius 2 is 1.80 bits per heavy atom. The number of benzene rings is 1. The topological polar surface area (TPSA) is 107 Å². The van der Waals surface area contributed by atoms with E-state index in [2.05, 4.69) is 9.97 Å². The molecule has 4 aromatic rings. The Kier molecular flexibility index (Phi) is 4.83. The van der Waals surface area contributed by atoms with E-state index in [0.717, 1.165) is 15.9 Å². The van der Waals surface area contributed by atoms with Gasteiger partial charge in [-0.05, 0) is 6.92 Å². The van der Waals surface area contributed by atoms with Crippen LogP contribution in [-0.4, -0.2) is 32.2 Å². The number of ether oxygens (including phenoxy) is 1. The molecule has 0 spiro atoms. The fraction of sp³-hybridized carbons (Fsp3) is 0.182. The number of hydrogen-bond donors (Lipinski definition) is 2. The van der Waals surface area contributed by atoms with Gasteiger partial charge in [-0.15, -0.1) is 0 Å². The van der Waals surface area contributed by atoms with Gasteiger partial charge in [-0.3, -0.25) is 9.61 Å². The average Bonchev–Trinajstić information content (AvgIpc) is 3.18. The van der Waals surface area contributed by atoms with Crippen molar-refractivity contribution in [1.29, 1.82) is 0 Å². The maximum Gasteiger partial charge on any atom is 0.358 e. The highest BCUT2D eigenvalue weighted by atomic mass is 16.5. The molecule has 0 aliphatic rings. The van der Waals surface area contributed by atoms with E-state index >= 15 is 0 Å². The Bertz CT molecular complexity index is 1240. The highest BCUT2D eigenvalue weighted by Gasteiger charge is 2.23. The van der Waals surface area contributed by atoms with Crippen molar-refractivity contribution in [3.8, 4) is 22.4 Å². The summed E-state index contributed by atoms with van der Waals surface area (Å²) in [5, 5.41) is 10.2. The normalized spacial score (nSPS) is 11.0. The predicted molar refractivity (Wildman–Crippen MR) is 111 cm³/mol. The minimum atomic E-state index is -0.526. The summed E-state index contributed by atoms with van der Waals surface area (Å²) in [5.41, 5.74) is 11.2. The third kappa shape index (κ3) is 3.22. The lowest BCUT2D eigenvalue weighted by molar-refractivity contribution is -0.912. The van der Waals surface area contributed by atoms with Gasteiger partial charge in [0, 0.05) is 48.0 Å². The van der Waals surface area contributed by atoms with E-state index in [-0.39, 0.29) is 18.2 Å². The second-order valence-corrected chi connectivity index (χ2v) is 6.94. The molecule has 0 bridgehead atoms. The van der Waals surface area contributed by atoms with Gasteiger partial charge in [0.2, 0.25) is 17.3 Å². The molecule has 0 amide bonds. The van der Waals surface area contributed by atoms with Gasteiger partial charge < -0.3 is 10.5 Å². The van der Waals surface area contributed by atoms with Gasteiger partial charge >= 0.3 is 5.97 Å². The highest BCUT2D eigenvalue weighted by Crippen LogP contribution is 2.35. The highest BCUT2D eigenvalue weighted by molar-refractivity contribution is 5.94. The summed E-state index contributed by atoms with van der Waals surface area (Å²) >= 11 is 0. The molecule has 3 heterocycles. The van der Waals surface area contributed by atoms with Crippen LogP contribution in [0.15, 0.2) is 48.7 Å². The van der Waals surface area contributed by atoms with Crippen molar-refractivity contribution in [3.63, 3.8) is 0 Å². The second-order valence-electron chi connectivity index (χ2n) is 6.94. The third-order valence-electron chi connectivity index (χ3n) is 4.86. The molecule has 3 aromatic heterocycles. The predicted octanol–water partition coefficient (Wildman–Crippen LogP) is 2.96. The molecule has 8 heteroatoms. The second kappa shape index (κ2) is 7.47. The van der Waals surface area contributed by atoms with Crippen molar-refractivity contribution in [2.75, 3.05) is 12.3 Å². The molecule has 0 saturated carbocycles. The van der Waals surface area contributed by atoms with Crippen molar-refractivity contribution in [1.82, 2.24) is 14.4 Å². The molecule has 8 nitrogen and oxygen atoms in total. The van der Waals surface area contributed by atoms with Gasteiger partial charge in [0.25, 0.3) is 0 Å². The average molecular weight is 404 g/mol. The van der Waals surface area contributed by atoms with Crippen LogP contribution >= 0.6 is 0 Å². The number of anilines is 1. The summed E-state index contributed by atoms with van der Waals surface area (Å²) in [5.74, 6) is -0.321. The number of esters is 1. The molecule has 0 aliphatic carbocycles. The third-order valence-corrected chi connectivity index (χ3v) is 4.86. The monoisotopic (exact) mass is 404 g/mol. The number of carbonyl (C=O) groups is 1. The van der Waals surface area contributed by atoms with Crippen LogP contribution in [0.4, 0.5) is 5.95 Å². The minimum Gasteiger partial charge on any atom is -0.461 e. The Hall–Kier alpha value is -3.94. The molecule has 0 atom stereocenters. The lowest BCUT2D eigenvalue weighted by Crippen LogP contribution is -2.37. The van der Waals surface area contributed by atoms with Gasteiger partial charge in [-0.1, -0.05) is 30.3 Å². The fourth-order valence-electron chi connectivity index (χ4n) is 3.47. The molecule has 152 valence electrons. The fourth-order valence-corrected chi connectivity index (χ4v) is 3.47. The van der Waals surface area contributed by atoms with Crippen LogP contribution in [0.2, 0.25) is 0 Å². The van der Waals surface area contributed by atoms with Gasteiger partial charge in [0.15, 0.2) is 11.3 Å². The Balaban J connectivity index is 2.08. The quantitative estimate of drug-likeness (QED) is 0.308. The number of fused-ring (bicyclic) bond motifs is 1. The van der Waals surface area contributed by atoms with Crippen molar-refractivity contribution in [2.24, 2.45) is 0 Å². The summed E-state index contributed by atoms with van der Waals surface area (Å²) in [6.07, 6.45) is 1.53. The standard InChI is InChI=1S/C22H21N5O3/c1-4-30-21(28)17-12-26-20(24-17)18(16-10-13(2)27(29)14(3)11-16)19(25-22(26)23)15-8-6-5-7-9-15/h5-12,23,29H,4H2,1-3H3/p+1. The van der Waals surface area contributed by atoms with E-state index in [1.165, 1.54) is 6.20 Å². The number of imidazole rings is 1. The zero-order valence-electron chi connectivity index (χ0n) is 17.0. The summed E-state index contributed by atoms with van der Waals surface area (Å²) in [7, 11) is 0. The molecular weight excluding hydrogens is 382 g/mol. The van der Waals surface area contributed by atoms with Gasteiger partial charge in [-0.2, -0.15) is 0 Å². The molecule has 4 rings (SSSR count). The van der Waals surface area contributed by atoms with Gasteiger partial charge in [-0.25, -0.2) is 14.8 Å². The summed E-state index contributed by atoms with van der Waals surface area (Å²) < 4.78 is 7.80. The molecule has 0 aliphatic heterocycles. The van der Waals surface area contributed by atoms with E-state index in [1.54, 1.807) is 25.2 Å². The summed E-state index contributed by atoms with van der Waals surface area (Å²) in [4.78, 5) is 21.4. The van der Waals surface area contributed by atoms with Crippen LogP contribution in [0.1, 0.15) is 28.8 Å². The van der Waals surface area contributed by atoms with E-state index in [1.807, 2.05) is 42.5 Å². The van der Waals surface area contributed by atoms with E-state index in [9.17, 15) is 10.0 Å².